The summed E-state index contributed by atoms with van der Waals surface area (Å²) in [5.41, 5.74) is 0.842. The molecule has 0 saturated heterocycles. The van der Waals surface area contributed by atoms with E-state index < -0.39 is 0 Å². The summed E-state index contributed by atoms with van der Waals surface area (Å²) in [4.78, 5) is 0. The van der Waals surface area contributed by atoms with Gasteiger partial charge in [0.15, 0.2) is 0 Å². The van der Waals surface area contributed by atoms with E-state index in [1.807, 2.05) is 0 Å². The van der Waals surface area contributed by atoms with Crippen molar-refractivity contribution in [2.45, 2.75) is 73.0 Å². The molecule has 112 valence electrons. The summed E-state index contributed by atoms with van der Waals surface area (Å²) in [6, 6.07) is 0. The molecule has 1 N–H and O–H groups in total. The molecule has 2 aliphatic carbocycles. The van der Waals surface area contributed by atoms with Crippen LogP contribution in [0.15, 0.2) is 0 Å². The number of hydrogen-bond donors (Lipinski definition) is 1. The van der Waals surface area contributed by atoms with Crippen LogP contribution in [0.5, 0.6) is 0 Å². The zero-order valence-corrected chi connectivity index (χ0v) is 13.8. The van der Waals surface area contributed by atoms with Crippen LogP contribution in [-0.4, -0.2) is 25.3 Å². The molecule has 0 amide bonds. The summed E-state index contributed by atoms with van der Waals surface area (Å²) in [6.45, 7) is 16.1. The highest BCUT2D eigenvalue weighted by atomic mass is 16.5. The SMILES string of the molecule is CCNCC(OC1CC2CCC1(C)C2(C)C)C(C)C. The highest BCUT2D eigenvalue weighted by Crippen LogP contribution is 2.66. The maximum atomic E-state index is 6.58. The Balaban J connectivity index is 2.03. The van der Waals surface area contributed by atoms with E-state index in [1.54, 1.807) is 0 Å². The van der Waals surface area contributed by atoms with Crippen molar-refractivity contribution >= 4 is 0 Å². The summed E-state index contributed by atoms with van der Waals surface area (Å²) >= 11 is 0. The molecule has 2 aliphatic rings. The van der Waals surface area contributed by atoms with Gasteiger partial charge in [0.1, 0.15) is 0 Å². The first-order valence-electron chi connectivity index (χ1n) is 8.19. The molecule has 0 aromatic carbocycles. The summed E-state index contributed by atoms with van der Waals surface area (Å²) < 4.78 is 6.58. The summed E-state index contributed by atoms with van der Waals surface area (Å²) in [5.74, 6) is 1.46. The van der Waals surface area contributed by atoms with E-state index in [2.05, 4.69) is 46.9 Å². The molecule has 0 radical (unpaired) electrons. The van der Waals surface area contributed by atoms with Crippen molar-refractivity contribution in [1.29, 1.82) is 0 Å². The highest BCUT2D eigenvalue weighted by Gasteiger charge is 2.62. The van der Waals surface area contributed by atoms with Gasteiger partial charge >= 0.3 is 0 Å². The van der Waals surface area contributed by atoms with Crippen LogP contribution in [0.4, 0.5) is 0 Å². The molecule has 0 heterocycles. The third-order valence-corrected chi connectivity index (χ3v) is 6.39. The lowest BCUT2D eigenvalue weighted by atomic mass is 9.70. The maximum Gasteiger partial charge on any atom is 0.0726 e. The minimum absolute atomic E-state index is 0.358. The Bertz CT molecular complexity index is 312. The lowest BCUT2D eigenvalue weighted by Crippen LogP contribution is -2.43. The lowest BCUT2D eigenvalue weighted by Gasteiger charge is -2.41. The molecule has 2 heteroatoms. The highest BCUT2D eigenvalue weighted by molar-refractivity contribution is 5.11. The van der Waals surface area contributed by atoms with Crippen LogP contribution >= 0.6 is 0 Å². The second-order valence-electron chi connectivity index (χ2n) is 7.83. The summed E-state index contributed by atoms with van der Waals surface area (Å²) in [6.07, 6.45) is 4.85. The average molecular weight is 267 g/mol. The molecule has 0 aliphatic heterocycles. The second-order valence-corrected chi connectivity index (χ2v) is 7.83. The van der Waals surface area contributed by atoms with E-state index in [4.69, 9.17) is 4.74 Å². The number of likely N-dealkylation sites (N-methyl/N-ethyl adjacent to an activating group) is 1. The van der Waals surface area contributed by atoms with Gasteiger partial charge in [0.2, 0.25) is 0 Å². The Morgan fingerprint density at radius 1 is 1.26 bits per heavy atom. The molecule has 0 aromatic heterocycles. The van der Waals surface area contributed by atoms with Crippen LogP contribution in [0.25, 0.3) is 0 Å². The number of rotatable bonds is 6. The molecule has 2 bridgehead atoms. The number of fused-ring (bicyclic) bond motifs is 2. The van der Waals surface area contributed by atoms with Crippen molar-refractivity contribution < 1.29 is 4.74 Å². The van der Waals surface area contributed by atoms with E-state index in [-0.39, 0.29) is 0 Å². The van der Waals surface area contributed by atoms with Crippen LogP contribution in [0.1, 0.15) is 60.8 Å². The summed E-state index contributed by atoms with van der Waals surface area (Å²) in [7, 11) is 0. The predicted molar refractivity (Wildman–Crippen MR) is 81.3 cm³/mol. The Labute approximate surface area is 119 Å². The monoisotopic (exact) mass is 267 g/mol. The molecule has 2 fully saturated rings. The fourth-order valence-electron chi connectivity index (χ4n) is 4.27. The third kappa shape index (κ3) is 2.47. The number of hydrogen-bond acceptors (Lipinski definition) is 2. The fourth-order valence-corrected chi connectivity index (χ4v) is 4.27. The molecule has 0 spiro atoms. The quantitative estimate of drug-likeness (QED) is 0.789. The van der Waals surface area contributed by atoms with Gasteiger partial charge in [0, 0.05) is 6.54 Å². The van der Waals surface area contributed by atoms with Gasteiger partial charge in [0.25, 0.3) is 0 Å². The maximum absolute atomic E-state index is 6.58. The van der Waals surface area contributed by atoms with E-state index in [0.29, 0.717) is 29.0 Å². The first-order valence-corrected chi connectivity index (χ1v) is 8.19. The predicted octanol–water partition coefficient (Wildman–Crippen LogP) is 3.85. The zero-order chi connectivity index (χ0) is 14.3. The topological polar surface area (TPSA) is 21.3 Å². The van der Waals surface area contributed by atoms with E-state index in [9.17, 15) is 0 Å². The molecular formula is C17H33NO. The molecule has 2 nitrogen and oxygen atoms in total. The van der Waals surface area contributed by atoms with Gasteiger partial charge in [-0.25, -0.2) is 0 Å². The van der Waals surface area contributed by atoms with Gasteiger partial charge in [0.05, 0.1) is 12.2 Å². The van der Waals surface area contributed by atoms with Gasteiger partial charge in [-0.15, -0.1) is 0 Å². The number of ether oxygens (including phenoxy) is 1. The van der Waals surface area contributed by atoms with Crippen molar-refractivity contribution in [3.8, 4) is 0 Å². The first-order chi connectivity index (χ1) is 8.83. The van der Waals surface area contributed by atoms with Crippen molar-refractivity contribution in [1.82, 2.24) is 5.32 Å². The molecule has 2 saturated carbocycles. The molecular weight excluding hydrogens is 234 g/mol. The normalized spacial score (nSPS) is 38.1. The fraction of sp³-hybridized carbons (Fsp3) is 1.00. The summed E-state index contributed by atoms with van der Waals surface area (Å²) in [5, 5.41) is 3.46. The standard InChI is InChI=1S/C17H33NO/c1-7-18-11-14(12(2)3)19-15-10-13-8-9-17(15,6)16(13,4)5/h12-15,18H,7-11H2,1-6H3. The average Bonchev–Trinajstić information content (AvgIpc) is 2.66. The van der Waals surface area contributed by atoms with Crippen molar-refractivity contribution in [3.63, 3.8) is 0 Å². The molecule has 4 unspecified atom stereocenters. The van der Waals surface area contributed by atoms with Gasteiger partial charge in [-0.3, -0.25) is 0 Å². The van der Waals surface area contributed by atoms with E-state index >= 15 is 0 Å². The van der Waals surface area contributed by atoms with Crippen LogP contribution in [0, 0.1) is 22.7 Å². The van der Waals surface area contributed by atoms with Gasteiger partial charge in [-0.1, -0.05) is 41.5 Å². The first kappa shape index (κ1) is 15.3. The van der Waals surface area contributed by atoms with Gasteiger partial charge < -0.3 is 10.1 Å². The Morgan fingerprint density at radius 3 is 2.37 bits per heavy atom. The van der Waals surface area contributed by atoms with Gasteiger partial charge in [-0.05, 0) is 48.5 Å². The molecule has 4 atom stereocenters. The van der Waals surface area contributed by atoms with Crippen LogP contribution in [-0.2, 0) is 4.74 Å². The van der Waals surface area contributed by atoms with Crippen LogP contribution in [0.2, 0.25) is 0 Å². The Kier molecular flexibility index (Phi) is 4.32. The van der Waals surface area contributed by atoms with Crippen molar-refractivity contribution in [3.05, 3.63) is 0 Å². The largest absolute Gasteiger partial charge is 0.373 e. The third-order valence-electron chi connectivity index (χ3n) is 6.39. The van der Waals surface area contributed by atoms with E-state index in [0.717, 1.165) is 19.0 Å². The smallest absolute Gasteiger partial charge is 0.0726 e. The molecule has 2 rings (SSSR count). The van der Waals surface area contributed by atoms with Crippen molar-refractivity contribution in [2.75, 3.05) is 13.1 Å². The zero-order valence-electron chi connectivity index (χ0n) is 13.8. The minimum Gasteiger partial charge on any atom is -0.373 e. The van der Waals surface area contributed by atoms with E-state index in [1.165, 1.54) is 19.3 Å². The van der Waals surface area contributed by atoms with Gasteiger partial charge in [-0.2, -0.15) is 0 Å². The van der Waals surface area contributed by atoms with Crippen molar-refractivity contribution in [2.24, 2.45) is 22.7 Å². The Morgan fingerprint density at radius 2 is 1.95 bits per heavy atom. The molecule has 19 heavy (non-hydrogen) atoms. The Hall–Kier alpha value is -0.0800. The lowest BCUT2D eigenvalue weighted by molar-refractivity contribution is -0.0992. The number of nitrogens with one attached hydrogen (secondary N) is 1. The second kappa shape index (κ2) is 5.37. The van der Waals surface area contributed by atoms with Crippen LogP contribution < -0.4 is 5.32 Å². The molecule has 0 aromatic rings. The minimum atomic E-state index is 0.358. The van der Waals surface area contributed by atoms with Crippen LogP contribution in [0.3, 0.4) is 0 Å².